The fourth-order valence-corrected chi connectivity index (χ4v) is 8.21. The molecule has 0 fully saturated rings. The molecular formula is C54H96O10. The van der Waals surface area contributed by atoms with Crippen molar-refractivity contribution in [3.63, 3.8) is 0 Å². The molecule has 0 saturated heterocycles. The summed E-state index contributed by atoms with van der Waals surface area (Å²) in [6, 6.07) is 0. The molecule has 0 aromatic heterocycles. The third kappa shape index (κ3) is 32.7. The highest BCUT2D eigenvalue weighted by molar-refractivity contribution is 5.93. The lowest BCUT2D eigenvalue weighted by Crippen LogP contribution is -2.38. The van der Waals surface area contributed by atoms with Crippen LogP contribution >= 0.6 is 0 Å². The van der Waals surface area contributed by atoms with Crippen LogP contribution in [0.25, 0.3) is 0 Å². The van der Waals surface area contributed by atoms with Crippen molar-refractivity contribution < 1.29 is 47.7 Å². The van der Waals surface area contributed by atoms with Gasteiger partial charge in [0.15, 0.2) is 6.10 Å². The Kier molecular flexibility index (Phi) is 39.4. The van der Waals surface area contributed by atoms with Crippen LogP contribution in [-0.4, -0.2) is 48.7 Å². The van der Waals surface area contributed by atoms with Crippen molar-refractivity contribution in [2.75, 3.05) is 6.61 Å². The van der Waals surface area contributed by atoms with Crippen LogP contribution in [-0.2, 0) is 47.7 Å². The number of unbranched alkanes of at least 4 members (excludes halogenated alkanes) is 32. The quantitative estimate of drug-likeness (QED) is 0.0330. The van der Waals surface area contributed by atoms with Crippen molar-refractivity contribution in [3.8, 4) is 0 Å². The first-order valence-electron chi connectivity index (χ1n) is 27.0. The zero-order valence-electron chi connectivity index (χ0n) is 41.7. The molecule has 0 bridgehead atoms. The summed E-state index contributed by atoms with van der Waals surface area (Å²) in [5.74, 6) is -4.01. The molecule has 0 amide bonds. The summed E-state index contributed by atoms with van der Waals surface area (Å²) in [5, 5.41) is 0. The lowest BCUT2D eigenvalue weighted by molar-refractivity contribution is -0.172. The van der Waals surface area contributed by atoms with Crippen molar-refractivity contribution in [2.24, 2.45) is 0 Å². The molecule has 1 heterocycles. The molecule has 64 heavy (non-hydrogen) atoms. The first-order valence-corrected chi connectivity index (χ1v) is 27.0. The number of hydrogen-bond acceptors (Lipinski definition) is 10. The molecule has 2 atom stereocenters. The Labute approximate surface area is 391 Å². The van der Waals surface area contributed by atoms with E-state index in [0.29, 0.717) is 25.7 Å². The highest BCUT2D eigenvalue weighted by Gasteiger charge is 2.46. The van der Waals surface area contributed by atoms with Gasteiger partial charge in [0, 0.05) is 25.7 Å². The molecular weight excluding hydrogens is 809 g/mol. The second-order valence-electron chi connectivity index (χ2n) is 18.5. The molecule has 0 saturated carbocycles. The minimum absolute atomic E-state index is 0.0879. The van der Waals surface area contributed by atoms with Crippen LogP contribution in [0.1, 0.15) is 285 Å². The summed E-state index contributed by atoms with van der Waals surface area (Å²) < 4.78 is 28.7. The van der Waals surface area contributed by atoms with E-state index in [2.05, 4.69) is 27.7 Å². The first-order chi connectivity index (χ1) is 31.3. The van der Waals surface area contributed by atoms with Crippen LogP contribution in [0.15, 0.2) is 11.5 Å². The molecule has 0 aliphatic carbocycles. The number of cyclic esters (lactones) is 1. The average Bonchev–Trinajstić information content (AvgIpc) is 3.58. The lowest BCUT2D eigenvalue weighted by atomic mass is 10.1. The second kappa shape index (κ2) is 42.7. The van der Waals surface area contributed by atoms with Gasteiger partial charge in [-0.05, 0) is 25.7 Å². The Hall–Kier alpha value is -2.91. The third-order valence-corrected chi connectivity index (χ3v) is 12.3. The summed E-state index contributed by atoms with van der Waals surface area (Å²) in [6.07, 6.45) is 37.0. The van der Waals surface area contributed by atoms with Crippen LogP contribution in [0.2, 0.25) is 0 Å². The van der Waals surface area contributed by atoms with Gasteiger partial charge in [-0.3, -0.25) is 19.2 Å². The van der Waals surface area contributed by atoms with Crippen LogP contribution in [0.5, 0.6) is 0 Å². The maximum absolute atomic E-state index is 13.4. The van der Waals surface area contributed by atoms with E-state index >= 15 is 0 Å². The van der Waals surface area contributed by atoms with Crippen molar-refractivity contribution in [1.82, 2.24) is 0 Å². The molecule has 0 aromatic carbocycles. The van der Waals surface area contributed by atoms with E-state index in [9.17, 15) is 24.0 Å². The normalized spacial score (nSPS) is 14.1. The summed E-state index contributed by atoms with van der Waals surface area (Å²) in [7, 11) is 0. The molecule has 1 aliphatic heterocycles. The predicted molar refractivity (Wildman–Crippen MR) is 257 cm³/mol. The van der Waals surface area contributed by atoms with E-state index in [1.807, 2.05) is 0 Å². The molecule has 0 unspecified atom stereocenters. The Morgan fingerprint density at radius 1 is 0.406 bits per heavy atom. The monoisotopic (exact) mass is 905 g/mol. The highest BCUT2D eigenvalue weighted by atomic mass is 16.7. The Morgan fingerprint density at radius 3 is 1.06 bits per heavy atom. The number of hydrogen-bond donors (Lipinski definition) is 0. The number of carbonyl (C=O) groups excluding carboxylic acids is 5. The average molecular weight is 905 g/mol. The molecule has 0 aromatic rings. The summed E-state index contributed by atoms with van der Waals surface area (Å²) in [5.41, 5.74) is 0. The Balaban J connectivity index is 3.05. The van der Waals surface area contributed by atoms with E-state index in [4.69, 9.17) is 23.7 Å². The van der Waals surface area contributed by atoms with Gasteiger partial charge < -0.3 is 23.7 Å². The fourth-order valence-electron chi connectivity index (χ4n) is 8.21. The molecule has 372 valence electrons. The maximum atomic E-state index is 13.4. The topological polar surface area (TPSA) is 132 Å². The summed E-state index contributed by atoms with van der Waals surface area (Å²) in [4.78, 5) is 66.3. The van der Waals surface area contributed by atoms with Crippen LogP contribution in [0.4, 0.5) is 0 Å². The summed E-state index contributed by atoms with van der Waals surface area (Å²) >= 11 is 0. The van der Waals surface area contributed by atoms with Crippen molar-refractivity contribution in [2.45, 2.75) is 297 Å². The predicted octanol–water partition coefficient (Wildman–Crippen LogP) is 15.3. The number of rotatable bonds is 46. The van der Waals surface area contributed by atoms with Gasteiger partial charge in [-0.15, -0.1) is 0 Å². The van der Waals surface area contributed by atoms with Gasteiger partial charge in [-0.1, -0.05) is 233 Å². The van der Waals surface area contributed by atoms with Crippen LogP contribution in [0, 0.1) is 0 Å². The molecule has 0 N–H and O–H groups in total. The van der Waals surface area contributed by atoms with Gasteiger partial charge in [0.25, 0.3) is 5.76 Å². The maximum Gasteiger partial charge on any atom is 0.379 e. The lowest BCUT2D eigenvalue weighted by Gasteiger charge is -2.24. The highest BCUT2D eigenvalue weighted by Crippen LogP contribution is 2.31. The minimum atomic E-state index is -1.43. The van der Waals surface area contributed by atoms with Gasteiger partial charge in [-0.2, -0.15) is 0 Å². The zero-order valence-corrected chi connectivity index (χ0v) is 41.7. The smallest absolute Gasteiger partial charge is 0.379 e. The Bertz CT molecular complexity index is 1230. The van der Waals surface area contributed by atoms with Gasteiger partial charge in [0.1, 0.15) is 6.61 Å². The standard InChI is InChI=1S/C54H96O10/c1-5-9-13-17-21-25-29-33-37-41-47(55)60-45-46(61-48(56)42-38-34-30-26-22-18-14-10-6-2)51-52(62-49(57)43-39-35-31-27-23-19-15-11-7-3)53(54(59)64-51)63-50(58)44-40-36-32-28-24-20-16-12-8-4/h46,51H,5-45H2,1-4H3/t46-,51+/m0/s1. The van der Waals surface area contributed by atoms with E-state index in [-0.39, 0.29) is 31.4 Å². The fraction of sp³-hybridized carbons (Fsp3) is 0.870. The van der Waals surface area contributed by atoms with E-state index < -0.39 is 54.4 Å². The van der Waals surface area contributed by atoms with E-state index in [1.165, 1.54) is 128 Å². The molecule has 10 nitrogen and oxygen atoms in total. The van der Waals surface area contributed by atoms with E-state index in [1.54, 1.807) is 0 Å². The zero-order chi connectivity index (χ0) is 46.7. The Morgan fingerprint density at radius 2 is 0.703 bits per heavy atom. The van der Waals surface area contributed by atoms with Gasteiger partial charge in [0.2, 0.25) is 11.9 Å². The van der Waals surface area contributed by atoms with E-state index in [0.717, 1.165) is 77.0 Å². The van der Waals surface area contributed by atoms with Crippen molar-refractivity contribution in [1.29, 1.82) is 0 Å². The molecule has 1 rings (SSSR count). The number of esters is 5. The van der Waals surface area contributed by atoms with Gasteiger partial charge in [-0.25, -0.2) is 4.79 Å². The number of carbonyl (C=O) groups is 5. The molecule has 1 aliphatic rings. The van der Waals surface area contributed by atoms with Crippen molar-refractivity contribution in [3.05, 3.63) is 11.5 Å². The summed E-state index contributed by atoms with van der Waals surface area (Å²) in [6.45, 7) is 8.42. The van der Waals surface area contributed by atoms with Crippen LogP contribution < -0.4 is 0 Å². The van der Waals surface area contributed by atoms with Crippen LogP contribution in [0.3, 0.4) is 0 Å². The van der Waals surface area contributed by atoms with Crippen molar-refractivity contribution >= 4 is 29.8 Å². The largest absolute Gasteiger partial charge is 0.462 e. The molecule has 0 spiro atoms. The SMILES string of the molecule is CCCCCCCCCCCC(=O)OC[C@H](OC(=O)CCCCCCCCCCC)[C@H]1OC(=O)C(OC(=O)CCCCCCCCCCC)=C1OC(=O)CCCCCCCCCCC. The first kappa shape index (κ1) is 59.1. The second-order valence-corrected chi connectivity index (χ2v) is 18.5. The minimum Gasteiger partial charge on any atom is -0.462 e. The molecule has 0 radical (unpaired) electrons. The number of ether oxygens (including phenoxy) is 5. The van der Waals surface area contributed by atoms with Gasteiger partial charge in [0.05, 0.1) is 0 Å². The third-order valence-electron chi connectivity index (χ3n) is 12.3. The van der Waals surface area contributed by atoms with Gasteiger partial charge >= 0.3 is 29.8 Å². The molecule has 10 heteroatoms.